The van der Waals surface area contributed by atoms with Gasteiger partial charge in [0, 0.05) is 12.1 Å². The van der Waals surface area contributed by atoms with Crippen LogP contribution in [0.15, 0.2) is 24.3 Å². The Hall–Kier alpha value is -0.890. The zero-order valence-electron chi connectivity index (χ0n) is 8.75. The average Bonchev–Trinajstić information content (AvgIpc) is 2.96. The van der Waals surface area contributed by atoms with Crippen LogP contribution in [0, 0.1) is 5.82 Å². The largest absolute Gasteiger partial charge is 0.311 e. The van der Waals surface area contributed by atoms with Gasteiger partial charge in [0.1, 0.15) is 5.82 Å². The maximum atomic E-state index is 13.4. The summed E-state index contributed by atoms with van der Waals surface area (Å²) in [4.78, 5) is 0. The maximum Gasteiger partial charge on any atom is 0.126 e. The highest BCUT2D eigenvalue weighted by molar-refractivity contribution is 5.24. The van der Waals surface area contributed by atoms with Crippen LogP contribution in [-0.4, -0.2) is 12.1 Å². The van der Waals surface area contributed by atoms with E-state index in [9.17, 15) is 4.39 Å². The van der Waals surface area contributed by atoms with E-state index in [-0.39, 0.29) is 5.82 Å². The summed E-state index contributed by atoms with van der Waals surface area (Å²) in [5, 5.41) is 3.59. The van der Waals surface area contributed by atoms with Crippen molar-refractivity contribution in [1.29, 1.82) is 0 Å². The number of rotatable bonds is 3. The minimum atomic E-state index is -0.0348. The number of hydrogen-bond acceptors (Lipinski definition) is 1. The second-order valence-corrected chi connectivity index (χ2v) is 4.83. The van der Waals surface area contributed by atoms with Crippen LogP contribution in [0.25, 0.3) is 0 Å². The first kappa shape index (κ1) is 9.34. The molecule has 80 valence electrons. The Morgan fingerprint density at radius 2 is 1.80 bits per heavy atom. The number of benzene rings is 1. The van der Waals surface area contributed by atoms with Gasteiger partial charge in [0.15, 0.2) is 0 Å². The van der Waals surface area contributed by atoms with Crippen LogP contribution in [0.3, 0.4) is 0 Å². The number of nitrogens with one attached hydrogen (secondary N) is 1. The van der Waals surface area contributed by atoms with Gasteiger partial charge in [0.2, 0.25) is 0 Å². The molecule has 2 heteroatoms. The third-order valence-corrected chi connectivity index (χ3v) is 3.53. The monoisotopic (exact) mass is 205 g/mol. The van der Waals surface area contributed by atoms with Crippen LogP contribution in [0.2, 0.25) is 0 Å². The predicted molar refractivity (Wildman–Crippen MR) is 58.3 cm³/mol. The minimum absolute atomic E-state index is 0.0348. The van der Waals surface area contributed by atoms with Crippen LogP contribution in [0.5, 0.6) is 0 Å². The lowest BCUT2D eigenvalue weighted by Gasteiger charge is -2.36. The lowest BCUT2D eigenvalue weighted by Crippen LogP contribution is -2.41. The molecule has 0 amide bonds. The van der Waals surface area contributed by atoms with Crippen molar-refractivity contribution in [2.45, 2.75) is 43.7 Å². The Bertz CT molecular complexity index is 353. The molecule has 3 rings (SSSR count). The molecular formula is C13H16FN. The molecule has 2 fully saturated rings. The Kier molecular flexibility index (Phi) is 2.24. The predicted octanol–water partition coefficient (Wildman–Crippen LogP) is 2.82. The van der Waals surface area contributed by atoms with Crippen molar-refractivity contribution in [2.24, 2.45) is 0 Å². The van der Waals surface area contributed by atoms with Gasteiger partial charge in [-0.1, -0.05) is 18.2 Å². The lowest BCUT2D eigenvalue weighted by molar-refractivity contribution is 0.283. The van der Waals surface area contributed by atoms with Gasteiger partial charge in [-0.05, 0) is 43.2 Å². The fourth-order valence-corrected chi connectivity index (χ4v) is 2.40. The summed E-state index contributed by atoms with van der Waals surface area (Å²) in [7, 11) is 0. The molecular weight excluding hydrogens is 189 g/mol. The fraction of sp³-hybridized carbons (Fsp3) is 0.538. The van der Waals surface area contributed by atoms with E-state index in [0.717, 1.165) is 24.4 Å². The van der Waals surface area contributed by atoms with E-state index in [2.05, 4.69) is 5.32 Å². The lowest BCUT2D eigenvalue weighted by atomic mass is 9.75. The molecule has 2 aliphatic rings. The van der Waals surface area contributed by atoms with E-state index in [1.165, 1.54) is 12.8 Å². The molecule has 1 aromatic rings. The van der Waals surface area contributed by atoms with Crippen LogP contribution >= 0.6 is 0 Å². The molecule has 2 aliphatic carbocycles. The fourth-order valence-electron chi connectivity index (χ4n) is 2.40. The third kappa shape index (κ3) is 1.91. The summed E-state index contributed by atoms with van der Waals surface area (Å²) in [6, 6.07) is 8.60. The summed E-state index contributed by atoms with van der Waals surface area (Å²) in [6.07, 6.45) is 4.89. The summed E-state index contributed by atoms with van der Waals surface area (Å²) in [5.41, 5.74) is 0.909. The van der Waals surface area contributed by atoms with E-state index in [0.29, 0.717) is 12.0 Å². The van der Waals surface area contributed by atoms with Crippen molar-refractivity contribution in [3.05, 3.63) is 35.6 Å². The molecule has 2 saturated carbocycles. The van der Waals surface area contributed by atoms with Gasteiger partial charge in [-0.25, -0.2) is 4.39 Å². The second kappa shape index (κ2) is 3.60. The summed E-state index contributed by atoms with van der Waals surface area (Å²) >= 11 is 0. The van der Waals surface area contributed by atoms with Crippen molar-refractivity contribution in [1.82, 2.24) is 5.32 Å². The third-order valence-electron chi connectivity index (χ3n) is 3.53. The molecule has 0 aromatic heterocycles. The van der Waals surface area contributed by atoms with E-state index in [1.807, 2.05) is 12.1 Å². The Morgan fingerprint density at radius 1 is 1.07 bits per heavy atom. The smallest absolute Gasteiger partial charge is 0.126 e. The molecule has 1 aromatic carbocycles. The first-order valence-corrected chi connectivity index (χ1v) is 5.83. The van der Waals surface area contributed by atoms with Gasteiger partial charge in [-0.15, -0.1) is 0 Å². The summed E-state index contributed by atoms with van der Waals surface area (Å²) < 4.78 is 13.4. The Labute approximate surface area is 89.7 Å². The van der Waals surface area contributed by atoms with Gasteiger partial charge < -0.3 is 5.32 Å². The molecule has 1 nitrogen and oxygen atoms in total. The standard InChI is InChI=1S/C13H16FN/c14-13-4-2-1-3-12(13)9-7-11(8-9)15-10-5-6-10/h1-4,9-11,15H,5-8H2. The van der Waals surface area contributed by atoms with Gasteiger partial charge in [0.25, 0.3) is 0 Å². The van der Waals surface area contributed by atoms with Gasteiger partial charge in [-0.3, -0.25) is 0 Å². The molecule has 15 heavy (non-hydrogen) atoms. The first-order chi connectivity index (χ1) is 7.33. The van der Waals surface area contributed by atoms with E-state index < -0.39 is 0 Å². The topological polar surface area (TPSA) is 12.0 Å². The average molecular weight is 205 g/mol. The van der Waals surface area contributed by atoms with Gasteiger partial charge in [0.05, 0.1) is 0 Å². The van der Waals surface area contributed by atoms with Crippen LogP contribution < -0.4 is 5.32 Å². The Balaban J connectivity index is 1.59. The number of hydrogen-bond donors (Lipinski definition) is 1. The zero-order chi connectivity index (χ0) is 10.3. The van der Waals surface area contributed by atoms with Crippen LogP contribution in [-0.2, 0) is 0 Å². The summed E-state index contributed by atoms with van der Waals surface area (Å²) in [6.45, 7) is 0. The highest BCUT2D eigenvalue weighted by Crippen LogP contribution is 2.39. The van der Waals surface area contributed by atoms with Crippen LogP contribution in [0.1, 0.15) is 37.2 Å². The van der Waals surface area contributed by atoms with Crippen molar-refractivity contribution in [3.63, 3.8) is 0 Å². The minimum Gasteiger partial charge on any atom is -0.311 e. The van der Waals surface area contributed by atoms with Gasteiger partial charge in [-0.2, -0.15) is 0 Å². The van der Waals surface area contributed by atoms with Crippen molar-refractivity contribution in [3.8, 4) is 0 Å². The Morgan fingerprint density at radius 3 is 2.47 bits per heavy atom. The molecule has 0 atom stereocenters. The molecule has 0 spiro atoms. The van der Waals surface area contributed by atoms with Crippen molar-refractivity contribution >= 4 is 0 Å². The van der Waals surface area contributed by atoms with E-state index >= 15 is 0 Å². The van der Waals surface area contributed by atoms with E-state index in [4.69, 9.17) is 0 Å². The molecule has 0 heterocycles. The van der Waals surface area contributed by atoms with Crippen molar-refractivity contribution in [2.75, 3.05) is 0 Å². The second-order valence-electron chi connectivity index (χ2n) is 4.83. The molecule has 1 N–H and O–H groups in total. The SMILES string of the molecule is Fc1ccccc1C1CC(NC2CC2)C1. The molecule has 0 bridgehead atoms. The summed E-state index contributed by atoms with van der Waals surface area (Å²) in [5.74, 6) is 0.412. The quantitative estimate of drug-likeness (QED) is 0.800. The molecule has 0 radical (unpaired) electrons. The van der Waals surface area contributed by atoms with Crippen molar-refractivity contribution < 1.29 is 4.39 Å². The zero-order valence-corrected chi connectivity index (χ0v) is 8.75. The molecule has 0 aliphatic heterocycles. The highest BCUT2D eigenvalue weighted by Gasteiger charge is 2.35. The molecule has 0 unspecified atom stereocenters. The highest BCUT2D eigenvalue weighted by atomic mass is 19.1. The molecule has 0 saturated heterocycles. The normalized spacial score (nSPS) is 29.9. The number of halogens is 1. The van der Waals surface area contributed by atoms with Crippen LogP contribution in [0.4, 0.5) is 4.39 Å². The maximum absolute atomic E-state index is 13.4. The van der Waals surface area contributed by atoms with Gasteiger partial charge >= 0.3 is 0 Å². The van der Waals surface area contributed by atoms with E-state index in [1.54, 1.807) is 12.1 Å². The first-order valence-electron chi connectivity index (χ1n) is 5.83.